The maximum atomic E-state index is 14.2. The molecule has 5 heterocycles. The fourth-order valence-corrected chi connectivity index (χ4v) is 8.27. The molecule has 11 heteroatoms. The number of piperazine rings is 1. The van der Waals surface area contributed by atoms with Crippen molar-refractivity contribution in [2.24, 2.45) is 11.8 Å². The summed E-state index contributed by atoms with van der Waals surface area (Å²) in [5.74, 6) is -2.72. The van der Waals surface area contributed by atoms with Crippen molar-refractivity contribution in [3.63, 3.8) is 0 Å². The lowest BCUT2D eigenvalue weighted by molar-refractivity contribution is -0.291. The van der Waals surface area contributed by atoms with Crippen LogP contribution in [0.1, 0.15) is 51.2 Å². The van der Waals surface area contributed by atoms with E-state index in [-0.39, 0.29) is 23.8 Å². The minimum Gasteiger partial charge on any atom is -0.361 e. The summed E-state index contributed by atoms with van der Waals surface area (Å²) in [6, 6.07) is 5.18. The van der Waals surface area contributed by atoms with E-state index in [2.05, 4.69) is 55.9 Å². The lowest BCUT2D eigenvalue weighted by Gasteiger charge is -2.50. The molecule has 0 bridgehead atoms. The molecule has 3 saturated heterocycles. The Hall–Kier alpha value is -2.73. The van der Waals surface area contributed by atoms with Crippen LogP contribution in [0, 0.1) is 11.8 Å². The first-order valence-corrected chi connectivity index (χ1v) is 15.2. The molecule has 4 aliphatic heterocycles. The van der Waals surface area contributed by atoms with E-state index >= 15 is 0 Å². The number of aromatic nitrogens is 1. The van der Waals surface area contributed by atoms with Gasteiger partial charge in [-0.2, -0.15) is 0 Å². The molecule has 10 nitrogen and oxygen atoms in total. The Morgan fingerprint density at radius 2 is 2.12 bits per heavy atom. The van der Waals surface area contributed by atoms with Crippen molar-refractivity contribution in [2.45, 2.75) is 76.2 Å². The number of amides is 3. The quantitative estimate of drug-likeness (QED) is 0.529. The molecule has 2 aromatic rings. The second-order valence-corrected chi connectivity index (χ2v) is 13.1. The lowest BCUT2D eigenvalue weighted by atomic mass is 9.79. The van der Waals surface area contributed by atoms with Crippen LogP contribution < -0.4 is 5.32 Å². The van der Waals surface area contributed by atoms with E-state index in [1.165, 1.54) is 15.8 Å². The Labute approximate surface area is 247 Å². The van der Waals surface area contributed by atoms with Gasteiger partial charge in [0.2, 0.25) is 17.5 Å². The molecule has 0 saturated carbocycles. The predicted octanol–water partition coefficient (Wildman–Crippen LogP) is 3.13. The van der Waals surface area contributed by atoms with Crippen LogP contribution in [0.5, 0.6) is 0 Å². The van der Waals surface area contributed by atoms with E-state index < -0.39 is 35.5 Å². The Morgan fingerprint density at radius 1 is 1.32 bits per heavy atom. The molecule has 0 spiro atoms. The average Bonchev–Trinajstić information content (AvgIpc) is 3.65. The van der Waals surface area contributed by atoms with Gasteiger partial charge in [0.05, 0.1) is 5.92 Å². The third-order valence-electron chi connectivity index (χ3n) is 9.64. The van der Waals surface area contributed by atoms with Crippen LogP contribution in [-0.4, -0.2) is 87.3 Å². The lowest BCUT2D eigenvalue weighted by Crippen LogP contribution is -2.71. The Morgan fingerprint density at radius 3 is 2.88 bits per heavy atom. The minimum absolute atomic E-state index is 0.0887. The number of benzene rings is 1. The Balaban J connectivity index is 1.22. The predicted molar refractivity (Wildman–Crippen MR) is 155 cm³/mol. The van der Waals surface area contributed by atoms with Crippen molar-refractivity contribution in [1.82, 2.24) is 25.0 Å². The standard InChI is InChI=1S/C30H36BrN5O5/c1-16(2)11-23-27(38)35-10-6-9-24(35)30(41-31)36(23)28(39)29(3,40-30)33-26(37)18-12-20-19-7-5-8-21-25(19)17(14-32-21)13-22(20)34(4)15-18/h5,7-8,12,14,16,18,22-24,32H,6,9-11,13,15H2,1-4H3,(H,33,37). The number of fused-ring (bicyclic) bond motifs is 5. The van der Waals surface area contributed by atoms with Crippen LogP contribution >= 0.6 is 16.3 Å². The number of hydrogen-bond donors (Lipinski definition) is 2. The molecule has 41 heavy (non-hydrogen) atoms. The molecule has 3 amide bonds. The second kappa shape index (κ2) is 9.39. The SMILES string of the molecule is CC(C)CC1C(=O)N2CCCC2C2(OBr)OC(C)(NC(=O)C3C=C4c5cccc6[nH]cc(c56)CC4N(C)C3)C(=O)N12. The minimum atomic E-state index is -1.70. The van der Waals surface area contributed by atoms with E-state index in [0.29, 0.717) is 25.9 Å². The summed E-state index contributed by atoms with van der Waals surface area (Å²) in [6.45, 7) is 6.71. The molecule has 7 rings (SSSR count). The summed E-state index contributed by atoms with van der Waals surface area (Å²) in [4.78, 5) is 50.5. The average molecular weight is 627 g/mol. The highest BCUT2D eigenvalue weighted by molar-refractivity contribution is 9.06. The molecular weight excluding hydrogens is 590 g/mol. The smallest absolute Gasteiger partial charge is 0.289 e. The molecule has 6 atom stereocenters. The van der Waals surface area contributed by atoms with Gasteiger partial charge in [0.15, 0.2) is 0 Å². The van der Waals surface area contributed by atoms with Crippen molar-refractivity contribution in [3.8, 4) is 0 Å². The normalized spacial score (nSPS) is 34.6. The van der Waals surface area contributed by atoms with Gasteiger partial charge in [0.25, 0.3) is 11.8 Å². The highest BCUT2D eigenvalue weighted by Gasteiger charge is 2.71. The van der Waals surface area contributed by atoms with Gasteiger partial charge in [0.1, 0.15) is 28.3 Å². The van der Waals surface area contributed by atoms with E-state index in [1.54, 1.807) is 11.8 Å². The van der Waals surface area contributed by atoms with Crippen molar-refractivity contribution in [3.05, 3.63) is 41.6 Å². The number of aromatic amines is 1. The summed E-state index contributed by atoms with van der Waals surface area (Å²) in [6.07, 6.45) is 6.90. The van der Waals surface area contributed by atoms with E-state index in [0.717, 1.165) is 29.5 Å². The van der Waals surface area contributed by atoms with E-state index in [9.17, 15) is 14.4 Å². The summed E-state index contributed by atoms with van der Waals surface area (Å²) < 4.78 is 12.3. The van der Waals surface area contributed by atoms with Gasteiger partial charge in [-0.25, -0.2) is 0 Å². The molecule has 218 valence electrons. The maximum Gasteiger partial charge on any atom is 0.289 e. The van der Waals surface area contributed by atoms with E-state index in [4.69, 9.17) is 8.57 Å². The van der Waals surface area contributed by atoms with Gasteiger partial charge < -0.3 is 15.2 Å². The Kier molecular flexibility index (Phi) is 6.21. The van der Waals surface area contributed by atoms with Gasteiger partial charge in [0, 0.05) is 36.2 Å². The highest BCUT2D eigenvalue weighted by Crippen LogP contribution is 2.49. The number of nitrogens with zero attached hydrogens (tertiary/aromatic N) is 3. The van der Waals surface area contributed by atoms with Crippen LogP contribution in [0.15, 0.2) is 30.5 Å². The van der Waals surface area contributed by atoms with Crippen molar-refractivity contribution < 1.29 is 22.9 Å². The number of hydrogen-bond acceptors (Lipinski definition) is 6. The first-order chi connectivity index (χ1) is 19.6. The van der Waals surface area contributed by atoms with Gasteiger partial charge in [-0.05, 0) is 68.3 Å². The monoisotopic (exact) mass is 625 g/mol. The van der Waals surface area contributed by atoms with Gasteiger partial charge in [-0.3, -0.25) is 32.7 Å². The fourth-order valence-electron chi connectivity index (χ4n) is 7.83. The van der Waals surface area contributed by atoms with Gasteiger partial charge >= 0.3 is 0 Å². The van der Waals surface area contributed by atoms with Crippen molar-refractivity contribution in [2.75, 3.05) is 20.1 Å². The van der Waals surface area contributed by atoms with Crippen LogP contribution in [0.4, 0.5) is 0 Å². The van der Waals surface area contributed by atoms with Crippen LogP contribution in [0.2, 0.25) is 0 Å². The number of halogens is 1. The number of H-pyrrole nitrogens is 1. The zero-order chi connectivity index (χ0) is 28.8. The molecule has 1 aromatic heterocycles. The second-order valence-electron chi connectivity index (χ2n) is 12.8. The summed E-state index contributed by atoms with van der Waals surface area (Å²) in [7, 11) is 2.04. The molecule has 1 aromatic carbocycles. The summed E-state index contributed by atoms with van der Waals surface area (Å²) in [5, 5.41) is 4.16. The summed E-state index contributed by atoms with van der Waals surface area (Å²) in [5.41, 5.74) is 2.94. The number of likely N-dealkylation sites (N-methyl/N-ethyl adjacent to an activating group) is 1. The number of carbonyl (C=O) groups excluding carboxylic acids is 3. The number of ether oxygens (including phenoxy) is 1. The zero-order valence-electron chi connectivity index (χ0n) is 23.8. The van der Waals surface area contributed by atoms with Gasteiger partial charge in [-0.15, -0.1) is 0 Å². The number of rotatable bonds is 5. The third kappa shape index (κ3) is 3.81. The molecule has 5 aliphatic rings. The molecule has 6 unspecified atom stereocenters. The molecule has 1 aliphatic carbocycles. The largest absolute Gasteiger partial charge is 0.361 e. The maximum absolute atomic E-state index is 14.2. The van der Waals surface area contributed by atoms with Crippen LogP contribution in [-0.2, 0) is 29.4 Å². The molecule has 3 fully saturated rings. The first-order valence-electron chi connectivity index (χ1n) is 14.6. The number of nitrogens with one attached hydrogen (secondary N) is 2. The van der Waals surface area contributed by atoms with Gasteiger partial charge in [-0.1, -0.05) is 32.1 Å². The number of carbonyl (C=O) groups is 3. The summed E-state index contributed by atoms with van der Waals surface area (Å²) >= 11 is 3.16. The third-order valence-corrected chi connectivity index (χ3v) is 10.1. The van der Waals surface area contributed by atoms with Crippen LogP contribution in [0.3, 0.4) is 0 Å². The topological polar surface area (TPSA) is 107 Å². The van der Waals surface area contributed by atoms with Crippen molar-refractivity contribution in [1.29, 1.82) is 0 Å². The van der Waals surface area contributed by atoms with Crippen LogP contribution in [0.25, 0.3) is 16.5 Å². The molecule has 0 radical (unpaired) electrons. The first kappa shape index (κ1) is 27.1. The van der Waals surface area contributed by atoms with Crippen molar-refractivity contribution >= 4 is 50.5 Å². The zero-order valence-corrected chi connectivity index (χ0v) is 25.4. The van der Waals surface area contributed by atoms with E-state index in [1.807, 2.05) is 27.0 Å². The fraction of sp³-hybridized carbons (Fsp3) is 0.567. The Bertz CT molecular complexity index is 1490. The highest BCUT2D eigenvalue weighted by atomic mass is 79.9. The molecular formula is C30H36BrN5O5. The molecule has 2 N–H and O–H groups in total.